The lowest BCUT2D eigenvalue weighted by molar-refractivity contribution is -0.125. The number of aromatic nitrogens is 3. The monoisotopic (exact) mass is 397 g/mol. The first-order valence-electron chi connectivity index (χ1n) is 8.90. The van der Waals surface area contributed by atoms with Gasteiger partial charge in [0, 0.05) is 18.1 Å². The molecule has 144 valence electrons. The molecule has 0 aliphatic carbocycles. The van der Waals surface area contributed by atoms with Crippen LogP contribution < -0.4 is 10.5 Å². The molecule has 0 spiro atoms. The summed E-state index contributed by atoms with van der Waals surface area (Å²) in [7, 11) is 1.62. The zero-order valence-electron chi connectivity index (χ0n) is 15.4. The molecule has 8 heteroatoms. The lowest BCUT2D eigenvalue weighted by Crippen LogP contribution is -2.27. The third-order valence-corrected chi connectivity index (χ3v) is 5.36. The lowest BCUT2D eigenvalue weighted by atomic mass is 10.1. The SMILES string of the molecule is C=CC(=O)N1CCC(n2c(OC)c(-c3ccc(Cl)cc3)c3c(N)ncnc32)C1. The van der Waals surface area contributed by atoms with Crippen LogP contribution in [0.25, 0.3) is 22.2 Å². The highest BCUT2D eigenvalue weighted by atomic mass is 35.5. The van der Waals surface area contributed by atoms with Gasteiger partial charge in [-0.25, -0.2) is 9.97 Å². The van der Waals surface area contributed by atoms with Crippen LogP contribution in [0.4, 0.5) is 5.82 Å². The molecule has 1 aliphatic rings. The van der Waals surface area contributed by atoms with Crippen LogP contribution in [0.2, 0.25) is 5.02 Å². The molecule has 2 N–H and O–H groups in total. The van der Waals surface area contributed by atoms with Crippen molar-refractivity contribution in [1.29, 1.82) is 0 Å². The Morgan fingerprint density at radius 3 is 2.79 bits per heavy atom. The second-order valence-electron chi connectivity index (χ2n) is 6.65. The van der Waals surface area contributed by atoms with Crippen molar-refractivity contribution >= 4 is 34.4 Å². The Morgan fingerprint density at radius 2 is 2.11 bits per heavy atom. The zero-order valence-corrected chi connectivity index (χ0v) is 16.2. The van der Waals surface area contributed by atoms with Gasteiger partial charge >= 0.3 is 0 Å². The Balaban J connectivity index is 1.93. The number of carbonyl (C=O) groups is 1. The van der Waals surface area contributed by atoms with Crippen molar-refractivity contribution in [2.75, 3.05) is 25.9 Å². The first kappa shape index (κ1) is 18.3. The van der Waals surface area contributed by atoms with Crippen molar-refractivity contribution in [2.45, 2.75) is 12.5 Å². The summed E-state index contributed by atoms with van der Waals surface area (Å²) in [5.41, 5.74) is 8.65. The van der Waals surface area contributed by atoms with Crippen molar-refractivity contribution in [2.24, 2.45) is 0 Å². The number of ether oxygens (including phenoxy) is 1. The third-order valence-electron chi connectivity index (χ3n) is 5.11. The van der Waals surface area contributed by atoms with Crippen LogP contribution in [0.3, 0.4) is 0 Å². The molecule has 7 nitrogen and oxygen atoms in total. The molecule has 0 saturated carbocycles. The van der Waals surface area contributed by atoms with E-state index in [-0.39, 0.29) is 11.9 Å². The number of fused-ring (bicyclic) bond motifs is 1. The van der Waals surface area contributed by atoms with Gasteiger partial charge in [-0.05, 0) is 30.2 Å². The zero-order chi connectivity index (χ0) is 19.8. The quantitative estimate of drug-likeness (QED) is 0.682. The molecule has 3 heterocycles. The Morgan fingerprint density at radius 1 is 1.36 bits per heavy atom. The van der Waals surface area contributed by atoms with Gasteiger partial charge in [0.05, 0.1) is 24.1 Å². The number of anilines is 1. The van der Waals surface area contributed by atoms with Crippen LogP contribution in [-0.4, -0.2) is 45.5 Å². The van der Waals surface area contributed by atoms with Crippen molar-refractivity contribution in [3.05, 3.63) is 48.3 Å². The normalized spacial score (nSPS) is 16.5. The summed E-state index contributed by atoms with van der Waals surface area (Å²) in [4.78, 5) is 22.5. The first-order valence-corrected chi connectivity index (χ1v) is 9.28. The lowest BCUT2D eigenvalue weighted by Gasteiger charge is -2.18. The topological polar surface area (TPSA) is 86.3 Å². The number of halogens is 1. The fourth-order valence-electron chi connectivity index (χ4n) is 3.84. The smallest absolute Gasteiger partial charge is 0.246 e. The average Bonchev–Trinajstić information content (AvgIpc) is 3.31. The van der Waals surface area contributed by atoms with Crippen LogP contribution >= 0.6 is 11.6 Å². The molecule has 1 aromatic carbocycles. The van der Waals surface area contributed by atoms with Crippen LogP contribution in [-0.2, 0) is 4.79 Å². The standard InChI is InChI=1S/C20H20ClN5O2/c1-3-15(27)25-9-8-14(10-25)26-19-17(18(22)23-11-24-19)16(20(26)28-2)12-4-6-13(21)7-5-12/h3-7,11,14H,1,8-10H2,2H3,(H2,22,23,24). The summed E-state index contributed by atoms with van der Waals surface area (Å²) in [6.07, 6.45) is 3.57. The molecule has 1 amide bonds. The predicted octanol–water partition coefficient (Wildman–Crippen LogP) is 3.30. The minimum absolute atomic E-state index is 0.0108. The number of carbonyl (C=O) groups excluding carboxylic acids is 1. The maximum absolute atomic E-state index is 12.0. The number of rotatable bonds is 4. The molecule has 1 fully saturated rings. The summed E-state index contributed by atoms with van der Waals surface area (Å²) in [5, 5.41) is 1.38. The Kier molecular flexibility index (Phi) is 4.68. The van der Waals surface area contributed by atoms with Gasteiger partial charge in [-0.3, -0.25) is 9.36 Å². The Bertz CT molecular complexity index is 1060. The number of hydrogen-bond donors (Lipinski definition) is 1. The summed E-state index contributed by atoms with van der Waals surface area (Å²) in [6.45, 7) is 4.78. The number of methoxy groups -OCH3 is 1. The number of nitrogen functional groups attached to an aromatic ring is 1. The highest BCUT2D eigenvalue weighted by molar-refractivity contribution is 6.30. The van der Waals surface area contributed by atoms with E-state index in [0.29, 0.717) is 35.5 Å². The number of hydrogen-bond acceptors (Lipinski definition) is 5. The molecule has 4 rings (SSSR count). The first-order chi connectivity index (χ1) is 13.5. The van der Waals surface area contributed by atoms with E-state index in [4.69, 9.17) is 22.1 Å². The summed E-state index contributed by atoms with van der Waals surface area (Å²) in [5.74, 6) is 0.941. The molecule has 28 heavy (non-hydrogen) atoms. The number of nitrogens with zero attached hydrogens (tertiary/aromatic N) is 4. The van der Waals surface area contributed by atoms with Crippen molar-refractivity contribution in [1.82, 2.24) is 19.4 Å². The second kappa shape index (κ2) is 7.16. The summed E-state index contributed by atoms with van der Waals surface area (Å²) < 4.78 is 7.84. The maximum Gasteiger partial charge on any atom is 0.246 e. The highest BCUT2D eigenvalue weighted by Crippen LogP contribution is 2.44. The molecule has 3 aromatic rings. The van der Waals surface area contributed by atoms with Gasteiger partial charge < -0.3 is 15.4 Å². The van der Waals surface area contributed by atoms with Crippen LogP contribution in [0.1, 0.15) is 12.5 Å². The van der Waals surface area contributed by atoms with Crippen LogP contribution in [0, 0.1) is 0 Å². The Labute approximate surface area is 167 Å². The van der Waals surface area contributed by atoms with E-state index in [0.717, 1.165) is 22.9 Å². The molecule has 1 saturated heterocycles. The molecular formula is C20H20ClN5O2. The molecule has 1 atom stereocenters. The number of nitrogens with two attached hydrogens (primary N) is 1. The van der Waals surface area contributed by atoms with E-state index in [1.165, 1.54) is 12.4 Å². The van der Waals surface area contributed by atoms with E-state index < -0.39 is 0 Å². The van der Waals surface area contributed by atoms with Gasteiger partial charge in [0.2, 0.25) is 11.8 Å². The number of likely N-dealkylation sites (tertiary alicyclic amines) is 1. The van der Waals surface area contributed by atoms with E-state index in [2.05, 4.69) is 16.5 Å². The highest BCUT2D eigenvalue weighted by Gasteiger charge is 2.32. The van der Waals surface area contributed by atoms with Gasteiger partial charge in [-0.2, -0.15) is 0 Å². The van der Waals surface area contributed by atoms with Gasteiger partial charge in [0.15, 0.2) is 0 Å². The second-order valence-corrected chi connectivity index (χ2v) is 7.09. The van der Waals surface area contributed by atoms with Crippen LogP contribution in [0.15, 0.2) is 43.2 Å². The average molecular weight is 398 g/mol. The molecular weight excluding hydrogens is 378 g/mol. The number of amides is 1. The molecule has 1 aliphatic heterocycles. The fourth-order valence-corrected chi connectivity index (χ4v) is 3.97. The molecule has 0 bridgehead atoms. The summed E-state index contributed by atoms with van der Waals surface area (Å²) >= 11 is 6.06. The molecule has 1 unspecified atom stereocenters. The maximum atomic E-state index is 12.0. The Hall–Kier alpha value is -3.06. The van der Waals surface area contributed by atoms with Crippen molar-refractivity contribution < 1.29 is 9.53 Å². The van der Waals surface area contributed by atoms with Crippen molar-refractivity contribution in [3.63, 3.8) is 0 Å². The summed E-state index contributed by atoms with van der Waals surface area (Å²) in [6, 6.07) is 7.48. The number of benzene rings is 1. The molecule has 0 radical (unpaired) electrons. The largest absolute Gasteiger partial charge is 0.482 e. The van der Waals surface area contributed by atoms with Gasteiger partial charge in [0.25, 0.3) is 0 Å². The van der Waals surface area contributed by atoms with E-state index in [1.807, 2.05) is 28.8 Å². The minimum atomic E-state index is -0.0787. The fraction of sp³-hybridized carbons (Fsp3) is 0.250. The van der Waals surface area contributed by atoms with Gasteiger partial charge in [-0.15, -0.1) is 0 Å². The van der Waals surface area contributed by atoms with Gasteiger partial charge in [-0.1, -0.05) is 30.3 Å². The van der Waals surface area contributed by atoms with Crippen LogP contribution in [0.5, 0.6) is 5.88 Å². The van der Waals surface area contributed by atoms with E-state index in [9.17, 15) is 4.79 Å². The van der Waals surface area contributed by atoms with Crippen molar-refractivity contribution in [3.8, 4) is 17.0 Å². The third kappa shape index (κ3) is 2.88. The van der Waals surface area contributed by atoms with E-state index in [1.54, 1.807) is 12.0 Å². The predicted molar refractivity (Wildman–Crippen MR) is 109 cm³/mol. The van der Waals surface area contributed by atoms with E-state index >= 15 is 0 Å². The minimum Gasteiger partial charge on any atom is -0.482 e. The van der Waals surface area contributed by atoms with Gasteiger partial charge in [0.1, 0.15) is 17.8 Å². The molecule has 2 aromatic heterocycles.